The largest absolute Gasteiger partial charge is 0.466 e. The second-order valence-electron chi connectivity index (χ2n) is 4.24. The lowest BCUT2D eigenvalue weighted by Crippen LogP contribution is -2.27. The van der Waals surface area contributed by atoms with E-state index in [9.17, 15) is 9.59 Å². The van der Waals surface area contributed by atoms with Crippen LogP contribution in [0, 0.1) is 5.92 Å². The van der Waals surface area contributed by atoms with E-state index in [1.807, 2.05) is 19.1 Å². The topological polar surface area (TPSA) is 52.6 Å². The van der Waals surface area contributed by atoms with Crippen LogP contribution in [-0.2, 0) is 19.1 Å². The molecule has 2 atom stereocenters. The van der Waals surface area contributed by atoms with Gasteiger partial charge in [-0.2, -0.15) is 0 Å². The van der Waals surface area contributed by atoms with Crippen LogP contribution in [0.4, 0.5) is 0 Å². The molecule has 4 heteroatoms. The van der Waals surface area contributed by atoms with Gasteiger partial charge in [-0.25, -0.2) is 0 Å². The van der Waals surface area contributed by atoms with Gasteiger partial charge in [-0.3, -0.25) is 9.59 Å². The van der Waals surface area contributed by atoms with Crippen molar-refractivity contribution in [1.29, 1.82) is 0 Å². The van der Waals surface area contributed by atoms with Crippen molar-refractivity contribution >= 4 is 11.9 Å². The van der Waals surface area contributed by atoms with Gasteiger partial charge < -0.3 is 9.47 Å². The Bertz CT molecular complexity index is 308. The molecule has 0 aromatic rings. The van der Waals surface area contributed by atoms with Gasteiger partial charge in [-0.05, 0) is 32.3 Å². The van der Waals surface area contributed by atoms with Crippen molar-refractivity contribution in [2.45, 2.75) is 39.2 Å². The Morgan fingerprint density at radius 2 is 2.19 bits per heavy atom. The van der Waals surface area contributed by atoms with Crippen LogP contribution in [0.2, 0.25) is 0 Å². The maximum atomic E-state index is 11.3. The van der Waals surface area contributed by atoms with Crippen molar-refractivity contribution in [2.24, 2.45) is 5.92 Å². The van der Waals surface area contributed by atoms with Gasteiger partial charge in [0.2, 0.25) is 0 Å². The summed E-state index contributed by atoms with van der Waals surface area (Å²) in [5.74, 6) is -0.406. The van der Waals surface area contributed by atoms with Crippen molar-refractivity contribution in [2.75, 3.05) is 6.61 Å². The second kappa shape index (κ2) is 5.14. The summed E-state index contributed by atoms with van der Waals surface area (Å²) >= 11 is 0. The minimum Gasteiger partial charge on any atom is -0.466 e. The number of allylic oxidation sites excluding steroid dienone is 1. The highest BCUT2D eigenvalue weighted by atomic mass is 16.6. The maximum absolute atomic E-state index is 11.3. The molecule has 0 bridgehead atoms. The van der Waals surface area contributed by atoms with E-state index in [0.29, 0.717) is 19.4 Å². The summed E-state index contributed by atoms with van der Waals surface area (Å²) in [6, 6.07) is 0. The van der Waals surface area contributed by atoms with Gasteiger partial charge in [0, 0.05) is 6.92 Å². The molecule has 0 saturated heterocycles. The molecule has 0 radical (unpaired) electrons. The average Bonchev–Trinajstić information content (AvgIpc) is 2.45. The molecule has 0 heterocycles. The molecule has 1 aliphatic rings. The fraction of sp³-hybridized carbons (Fsp3) is 0.667. The van der Waals surface area contributed by atoms with Crippen LogP contribution in [0.15, 0.2) is 12.2 Å². The molecule has 4 nitrogen and oxygen atoms in total. The van der Waals surface area contributed by atoms with E-state index in [-0.39, 0.29) is 17.9 Å². The third-order valence-electron chi connectivity index (χ3n) is 2.50. The van der Waals surface area contributed by atoms with Crippen LogP contribution in [0.25, 0.3) is 0 Å². The van der Waals surface area contributed by atoms with Gasteiger partial charge in [0.15, 0.2) is 0 Å². The van der Waals surface area contributed by atoms with E-state index in [2.05, 4.69) is 0 Å². The normalized spacial score (nSPS) is 27.8. The van der Waals surface area contributed by atoms with Crippen LogP contribution in [0.1, 0.15) is 33.6 Å². The third-order valence-corrected chi connectivity index (χ3v) is 2.50. The Kier molecular flexibility index (Phi) is 4.10. The number of ether oxygens (including phenoxy) is 2. The van der Waals surface area contributed by atoms with Gasteiger partial charge >= 0.3 is 11.9 Å². The quantitative estimate of drug-likeness (QED) is 0.542. The predicted molar refractivity (Wildman–Crippen MR) is 58.7 cm³/mol. The highest BCUT2D eigenvalue weighted by molar-refractivity contribution is 5.70. The Labute approximate surface area is 95.6 Å². The molecule has 0 aromatic carbocycles. The van der Waals surface area contributed by atoms with Gasteiger partial charge in [-0.15, -0.1) is 0 Å². The van der Waals surface area contributed by atoms with E-state index < -0.39 is 5.60 Å². The van der Waals surface area contributed by atoms with Gasteiger partial charge in [-0.1, -0.05) is 6.08 Å². The molecule has 0 spiro atoms. The van der Waals surface area contributed by atoms with Crippen molar-refractivity contribution in [3.63, 3.8) is 0 Å². The smallest absolute Gasteiger partial charge is 0.306 e. The first kappa shape index (κ1) is 12.7. The monoisotopic (exact) mass is 226 g/mol. The van der Waals surface area contributed by atoms with Gasteiger partial charge in [0.05, 0.1) is 13.0 Å². The van der Waals surface area contributed by atoms with E-state index in [4.69, 9.17) is 9.47 Å². The summed E-state index contributed by atoms with van der Waals surface area (Å²) in [6.07, 6.45) is 4.75. The molecule has 0 aromatic heterocycles. The van der Waals surface area contributed by atoms with Crippen LogP contribution in [0.5, 0.6) is 0 Å². The molecule has 0 N–H and O–H groups in total. The molecule has 0 unspecified atom stereocenters. The molecule has 0 saturated carbocycles. The number of carbonyl (C=O) groups excluding carboxylic acids is 2. The van der Waals surface area contributed by atoms with Gasteiger partial charge in [0.1, 0.15) is 5.60 Å². The number of hydrogen-bond donors (Lipinski definition) is 0. The summed E-state index contributed by atoms with van der Waals surface area (Å²) in [6.45, 7) is 5.41. The average molecular weight is 226 g/mol. The minimum atomic E-state index is -0.566. The molecule has 0 fully saturated rings. The Morgan fingerprint density at radius 1 is 1.50 bits per heavy atom. The summed E-state index contributed by atoms with van der Waals surface area (Å²) in [4.78, 5) is 22.2. The van der Waals surface area contributed by atoms with Crippen LogP contribution in [-0.4, -0.2) is 24.1 Å². The maximum Gasteiger partial charge on any atom is 0.306 e. The summed E-state index contributed by atoms with van der Waals surface area (Å²) in [5, 5.41) is 0. The second-order valence-corrected chi connectivity index (χ2v) is 4.24. The molecular formula is C12H18O4. The summed E-state index contributed by atoms with van der Waals surface area (Å²) < 4.78 is 10.1. The lowest BCUT2D eigenvalue weighted by Gasteiger charge is -2.23. The first-order valence-corrected chi connectivity index (χ1v) is 5.50. The Balaban J connectivity index is 2.44. The highest BCUT2D eigenvalue weighted by Gasteiger charge is 2.33. The zero-order valence-electron chi connectivity index (χ0n) is 9.99. The van der Waals surface area contributed by atoms with Crippen molar-refractivity contribution < 1.29 is 19.1 Å². The van der Waals surface area contributed by atoms with Gasteiger partial charge in [0.25, 0.3) is 0 Å². The standard InChI is InChI=1S/C12H18O4/c1-4-15-11(14)7-10-5-6-12(3,8-10)16-9(2)13/h5-6,10H,4,7-8H2,1-3H3/t10-,12-/m1/s1. The first-order valence-electron chi connectivity index (χ1n) is 5.50. The zero-order chi connectivity index (χ0) is 12.2. The van der Waals surface area contributed by atoms with E-state index >= 15 is 0 Å². The first-order chi connectivity index (χ1) is 7.45. The summed E-state index contributed by atoms with van der Waals surface area (Å²) in [7, 11) is 0. The summed E-state index contributed by atoms with van der Waals surface area (Å²) in [5.41, 5.74) is -0.566. The fourth-order valence-electron chi connectivity index (χ4n) is 1.97. The predicted octanol–water partition coefficient (Wildman–Crippen LogP) is 1.84. The van der Waals surface area contributed by atoms with Crippen molar-refractivity contribution in [3.8, 4) is 0 Å². The van der Waals surface area contributed by atoms with Crippen LogP contribution < -0.4 is 0 Å². The molecule has 16 heavy (non-hydrogen) atoms. The SMILES string of the molecule is CCOC(=O)C[C@H]1C=C[C@@](C)(OC(C)=O)C1. The molecule has 0 amide bonds. The number of carbonyl (C=O) groups is 2. The van der Waals surface area contributed by atoms with Crippen molar-refractivity contribution in [1.82, 2.24) is 0 Å². The lowest BCUT2D eigenvalue weighted by molar-refractivity contribution is -0.151. The Morgan fingerprint density at radius 3 is 2.75 bits per heavy atom. The lowest BCUT2D eigenvalue weighted by atomic mass is 9.98. The third kappa shape index (κ3) is 3.68. The molecule has 1 aliphatic carbocycles. The molecule has 90 valence electrons. The van der Waals surface area contributed by atoms with E-state index in [1.54, 1.807) is 6.92 Å². The van der Waals surface area contributed by atoms with Crippen LogP contribution >= 0.6 is 0 Å². The highest BCUT2D eigenvalue weighted by Crippen LogP contribution is 2.32. The van der Waals surface area contributed by atoms with E-state index in [0.717, 1.165) is 0 Å². The number of esters is 2. The molecule has 0 aliphatic heterocycles. The fourth-order valence-corrected chi connectivity index (χ4v) is 1.97. The van der Waals surface area contributed by atoms with Crippen LogP contribution in [0.3, 0.4) is 0 Å². The van der Waals surface area contributed by atoms with E-state index in [1.165, 1.54) is 6.92 Å². The Hall–Kier alpha value is -1.32. The number of rotatable bonds is 4. The molecule has 1 rings (SSSR count). The molecular weight excluding hydrogens is 208 g/mol. The van der Waals surface area contributed by atoms with Crippen molar-refractivity contribution in [3.05, 3.63) is 12.2 Å². The number of hydrogen-bond acceptors (Lipinski definition) is 4. The zero-order valence-corrected chi connectivity index (χ0v) is 9.99. The minimum absolute atomic E-state index is 0.100.